The smallest absolute Gasteiger partial charge is 0.409 e. The van der Waals surface area contributed by atoms with Crippen molar-refractivity contribution < 1.29 is 23.4 Å². The summed E-state index contributed by atoms with van der Waals surface area (Å²) in [4.78, 5) is 18.7. The van der Waals surface area contributed by atoms with Gasteiger partial charge in [-0.1, -0.05) is 11.3 Å². The summed E-state index contributed by atoms with van der Waals surface area (Å²) in [5, 5.41) is 12.4. The van der Waals surface area contributed by atoms with Gasteiger partial charge in [-0.3, -0.25) is 10.3 Å². The van der Waals surface area contributed by atoms with Crippen LogP contribution in [0.4, 0.5) is 19.3 Å². The Bertz CT molecular complexity index is 946. The number of thiazole rings is 1. The number of hydrogen-bond acceptors (Lipinski definition) is 5. The number of pyridine rings is 1. The van der Waals surface area contributed by atoms with E-state index in [4.69, 9.17) is 9.84 Å². The first-order valence-electron chi connectivity index (χ1n) is 6.98. The number of anilines is 1. The van der Waals surface area contributed by atoms with E-state index in [2.05, 4.69) is 9.97 Å². The topological polar surface area (TPSA) is 84.3 Å². The third kappa shape index (κ3) is 3.89. The molecule has 0 fully saturated rings. The van der Waals surface area contributed by atoms with Crippen LogP contribution in [-0.4, -0.2) is 21.2 Å². The quantitative estimate of drug-likeness (QED) is 0.703. The molecule has 0 aliphatic rings. The molecule has 9 heteroatoms. The van der Waals surface area contributed by atoms with Gasteiger partial charge in [-0.2, -0.15) is 0 Å². The summed E-state index contributed by atoms with van der Waals surface area (Å²) in [6.07, 6.45) is 0.139. The fraction of sp³-hybridized carbons (Fsp3) is 0.0625. The van der Waals surface area contributed by atoms with Crippen LogP contribution in [0.5, 0.6) is 10.9 Å². The van der Waals surface area contributed by atoms with Crippen molar-refractivity contribution in [1.29, 1.82) is 0 Å². The summed E-state index contributed by atoms with van der Waals surface area (Å²) in [6, 6.07) is 5.02. The Balaban J connectivity index is 1.78. The van der Waals surface area contributed by atoms with Crippen LogP contribution in [-0.2, 0) is 0 Å². The summed E-state index contributed by atoms with van der Waals surface area (Å²) < 4.78 is 32.8. The predicted molar refractivity (Wildman–Crippen MR) is 88.2 cm³/mol. The lowest BCUT2D eigenvalue weighted by molar-refractivity contribution is 0.209. The van der Waals surface area contributed by atoms with Crippen LogP contribution in [0.15, 0.2) is 35.8 Å². The van der Waals surface area contributed by atoms with Crippen LogP contribution < -0.4 is 10.1 Å². The Hall–Kier alpha value is -3.07. The van der Waals surface area contributed by atoms with Gasteiger partial charge in [-0.15, -0.1) is 0 Å². The molecule has 0 spiro atoms. The van der Waals surface area contributed by atoms with Crippen molar-refractivity contribution in [3.05, 3.63) is 53.2 Å². The number of ether oxygens (including phenoxy) is 1. The average Bonchev–Trinajstić information content (AvgIpc) is 3.01. The first kappa shape index (κ1) is 16.8. The number of nitrogens with one attached hydrogen (secondary N) is 1. The number of aryl methyl sites for hydroxylation is 1. The lowest BCUT2D eigenvalue weighted by Crippen LogP contribution is -2.08. The summed E-state index contributed by atoms with van der Waals surface area (Å²) in [5.41, 5.74) is 1.10. The van der Waals surface area contributed by atoms with Crippen LogP contribution >= 0.6 is 11.3 Å². The van der Waals surface area contributed by atoms with Gasteiger partial charge in [0, 0.05) is 23.2 Å². The molecule has 0 aliphatic carbocycles. The van der Waals surface area contributed by atoms with Gasteiger partial charge in [-0.25, -0.2) is 18.6 Å². The van der Waals surface area contributed by atoms with E-state index >= 15 is 0 Å². The molecule has 3 rings (SSSR count). The Kier molecular flexibility index (Phi) is 4.57. The van der Waals surface area contributed by atoms with Crippen LogP contribution in [0.2, 0.25) is 0 Å². The molecule has 1 amide bonds. The highest BCUT2D eigenvalue weighted by atomic mass is 32.1. The molecule has 2 aromatic heterocycles. The minimum Gasteiger partial charge on any atom is -0.465 e. The fourth-order valence-corrected chi connectivity index (χ4v) is 2.66. The molecular weight excluding hydrogens is 352 g/mol. The highest BCUT2D eigenvalue weighted by Gasteiger charge is 2.11. The van der Waals surface area contributed by atoms with Crippen molar-refractivity contribution in [2.45, 2.75) is 6.92 Å². The molecule has 2 heterocycles. The van der Waals surface area contributed by atoms with Gasteiger partial charge in [-0.05, 0) is 25.1 Å². The van der Waals surface area contributed by atoms with Crippen LogP contribution in [0, 0.1) is 18.6 Å². The van der Waals surface area contributed by atoms with Crippen molar-refractivity contribution in [2.75, 3.05) is 5.32 Å². The Labute approximate surface area is 144 Å². The minimum absolute atomic E-state index is 0.155. The SMILES string of the molecule is Cc1ncc(-c2csc(Oc3ccc(NC(=O)O)c(F)c3)n2)cc1F. The van der Waals surface area contributed by atoms with E-state index in [9.17, 15) is 13.6 Å². The van der Waals surface area contributed by atoms with E-state index in [1.807, 2.05) is 5.32 Å². The van der Waals surface area contributed by atoms with Crippen LogP contribution in [0.3, 0.4) is 0 Å². The lowest BCUT2D eigenvalue weighted by Gasteiger charge is -2.05. The summed E-state index contributed by atoms with van der Waals surface area (Å²) in [7, 11) is 0. The molecule has 25 heavy (non-hydrogen) atoms. The first-order valence-corrected chi connectivity index (χ1v) is 7.86. The Morgan fingerprint density at radius 3 is 2.76 bits per heavy atom. The molecule has 3 aromatic rings. The number of hydrogen-bond donors (Lipinski definition) is 2. The zero-order valence-electron chi connectivity index (χ0n) is 12.8. The number of halogens is 2. The Morgan fingerprint density at radius 2 is 2.08 bits per heavy atom. The third-order valence-electron chi connectivity index (χ3n) is 3.19. The number of amides is 1. The second kappa shape index (κ2) is 6.81. The number of rotatable bonds is 4. The zero-order valence-corrected chi connectivity index (χ0v) is 13.6. The fourth-order valence-electron chi connectivity index (χ4n) is 1.96. The number of nitrogens with zero attached hydrogens (tertiary/aromatic N) is 2. The van der Waals surface area contributed by atoms with Crippen molar-refractivity contribution in [1.82, 2.24) is 9.97 Å². The van der Waals surface area contributed by atoms with E-state index in [1.54, 1.807) is 12.3 Å². The molecule has 0 saturated carbocycles. The van der Waals surface area contributed by atoms with E-state index in [-0.39, 0.29) is 16.6 Å². The molecule has 0 bridgehead atoms. The molecule has 0 saturated heterocycles. The van der Waals surface area contributed by atoms with Gasteiger partial charge in [0.15, 0.2) is 5.82 Å². The maximum Gasteiger partial charge on any atom is 0.409 e. The van der Waals surface area contributed by atoms with Crippen molar-refractivity contribution in [2.24, 2.45) is 0 Å². The van der Waals surface area contributed by atoms with Gasteiger partial charge in [0.25, 0.3) is 5.19 Å². The van der Waals surface area contributed by atoms with Crippen molar-refractivity contribution >= 4 is 23.1 Å². The summed E-state index contributed by atoms with van der Waals surface area (Å²) in [5.74, 6) is -1.06. The molecule has 128 valence electrons. The van der Waals surface area contributed by atoms with Gasteiger partial charge in [0.1, 0.15) is 11.6 Å². The molecule has 6 nitrogen and oxygen atoms in total. The Morgan fingerprint density at radius 1 is 1.28 bits per heavy atom. The molecule has 1 aromatic carbocycles. The monoisotopic (exact) mass is 363 g/mol. The van der Waals surface area contributed by atoms with Crippen molar-refractivity contribution in [3.63, 3.8) is 0 Å². The van der Waals surface area contributed by atoms with Gasteiger partial charge >= 0.3 is 6.09 Å². The predicted octanol–water partition coefficient (Wildman–Crippen LogP) is 4.67. The largest absolute Gasteiger partial charge is 0.465 e. The van der Waals surface area contributed by atoms with E-state index in [0.717, 1.165) is 17.4 Å². The van der Waals surface area contributed by atoms with Crippen LogP contribution in [0.25, 0.3) is 11.3 Å². The number of aromatic nitrogens is 2. The number of benzene rings is 1. The molecule has 0 aliphatic heterocycles. The second-order valence-electron chi connectivity index (χ2n) is 4.96. The lowest BCUT2D eigenvalue weighted by atomic mass is 10.2. The molecular formula is C16H11F2N3O3S. The normalized spacial score (nSPS) is 10.5. The van der Waals surface area contributed by atoms with Crippen molar-refractivity contribution in [3.8, 4) is 22.2 Å². The highest BCUT2D eigenvalue weighted by molar-refractivity contribution is 7.11. The second-order valence-corrected chi connectivity index (χ2v) is 5.78. The summed E-state index contributed by atoms with van der Waals surface area (Å²) in [6.45, 7) is 1.56. The molecule has 0 radical (unpaired) electrons. The molecule has 0 unspecified atom stereocenters. The molecule has 0 atom stereocenters. The number of carbonyl (C=O) groups is 1. The van der Waals surface area contributed by atoms with E-state index < -0.39 is 17.7 Å². The maximum absolute atomic E-state index is 13.8. The number of carboxylic acid groups (broad SMARTS) is 1. The average molecular weight is 363 g/mol. The summed E-state index contributed by atoms with van der Waals surface area (Å²) >= 11 is 1.15. The highest BCUT2D eigenvalue weighted by Crippen LogP contribution is 2.31. The van der Waals surface area contributed by atoms with E-state index in [0.29, 0.717) is 17.0 Å². The maximum atomic E-state index is 13.8. The first-order chi connectivity index (χ1) is 11.9. The van der Waals surface area contributed by atoms with E-state index in [1.165, 1.54) is 24.4 Å². The standard InChI is InChI=1S/C16H11F2N3O3S/c1-8-11(17)4-9(6-19-8)14-7-25-16(21-14)24-10-2-3-13(12(18)5-10)20-15(22)23/h2-7,20H,1H3,(H,22,23). The van der Waals surface area contributed by atoms with Gasteiger partial charge in [0.2, 0.25) is 0 Å². The molecule has 2 N–H and O–H groups in total. The third-order valence-corrected chi connectivity index (χ3v) is 3.91. The minimum atomic E-state index is -1.36. The van der Waals surface area contributed by atoms with Gasteiger partial charge < -0.3 is 9.84 Å². The zero-order chi connectivity index (χ0) is 18.0. The van der Waals surface area contributed by atoms with Gasteiger partial charge in [0.05, 0.1) is 17.1 Å². The van der Waals surface area contributed by atoms with Crippen LogP contribution in [0.1, 0.15) is 5.69 Å².